The van der Waals surface area contributed by atoms with Gasteiger partial charge in [0, 0.05) is 17.7 Å². The lowest BCUT2D eigenvalue weighted by molar-refractivity contribution is -0.878. The van der Waals surface area contributed by atoms with Crippen molar-refractivity contribution in [1.82, 2.24) is 0 Å². The molecule has 7 heteroatoms. The number of hydrazone groups is 1. The van der Waals surface area contributed by atoms with Crippen molar-refractivity contribution < 1.29 is 22.2 Å². The summed E-state index contributed by atoms with van der Waals surface area (Å²) in [6, 6.07) is 27.5. The quantitative estimate of drug-likeness (QED) is 0.461. The highest BCUT2D eigenvalue weighted by Gasteiger charge is 2.45. The van der Waals surface area contributed by atoms with Crippen LogP contribution < -0.4 is 22.3 Å². The summed E-state index contributed by atoms with van der Waals surface area (Å²) in [4.78, 5) is 12.2. The zero-order chi connectivity index (χ0) is 22.1. The van der Waals surface area contributed by atoms with Gasteiger partial charge in [0.05, 0.1) is 41.9 Å². The first-order valence-corrected chi connectivity index (χ1v) is 10.8. The second kappa shape index (κ2) is 9.57. The molecule has 0 radical (unpaired) electrons. The Bertz CT molecular complexity index is 1180. The first-order chi connectivity index (χ1) is 15.6. The zero-order valence-electron chi connectivity index (χ0n) is 18.3. The number of likely N-dealkylation sites (tertiary alicyclic amines) is 1. The number of nitro groups is 1. The van der Waals surface area contributed by atoms with Crippen molar-refractivity contribution in [1.29, 1.82) is 0 Å². The molecule has 1 saturated heterocycles. The Morgan fingerprint density at radius 3 is 2.27 bits per heavy atom. The molecule has 6 nitrogen and oxygen atoms in total. The summed E-state index contributed by atoms with van der Waals surface area (Å²) < 4.78 is 0. The molecule has 2 heterocycles. The average molecular weight is 461 g/mol. The third-order valence-electron chi connectivity index (χ3n) is 6.21. The van der Waals surface area contributed by atoms with E-state index in [4.69, 9.17) is 5.10 Å². The summed E-state index contributed by atoms with van der Waals surface area (Å²) in [7, 11) is 2.23. The van der Waals surface area contributed by atoms with Gasteiger partial charge >= 0.3 is 0 Å². The van der Waals surface area contributed by atoms with E-state index in [1.54, 1.807) is 24.3 Å². The number of quaternary nitrogens is 1. The number of rotatable bonds is 4. The van der Waals surface area contributed by atoms with E-state index in [9.17, 15) is 10.1 Å². The second-order valence-corrected chi connectivity index (χ2v) is 8.48. The van der Waals surface area contributed by atoms with E-state index in [0.29, 0.717) is 0 Å². The molecule has 0 aromatic heterocycles. The van der Waals surface area contributed by atoms with Gasteiger partial charge in [0.2, 0.25) is 0 Å². The van der Waals surface area contributed by atoms with Gasteiger partial charge in [-0.15, -0.1) is 0 Å². The van der Waals surface area contributed by atoms with Crippen molar-refractivity contribution in [2.24, 2.45) is 11.0 Å². The second-order valence-electron chi connectivity index (χ2n) is 8.48. The number of nitrogens with zero attached hydrogens (tertiary/aromatic N) is 3. The molecule has 2 aliphatic heterocycles. The van der Waals surface area contributed by atoms with Crippen LogP contribution in [0.4, 0.5) is 11.4 Å². The lowest BCUT2D eigenvalue weighted by atomic mass is 9.83. The van der Waals surface area contributed by atoms with Gasteiger partial charge in [0.1, 0.15) is 6.54 Å². The third kappa shape index (κ3) is 4.53. The van der Waals surface area contributed by atoms with Crippen molar-refractivity contribution in [3.8, 4) is 0 Å². The normalized spacial score (nSPS) is 22.9. The van der Waals surface area contributed by atoms with Crippen LogP contribution >= 0.6 is 0 Å². The molecule has 0 saturated carbocycles. The van der Waals surface area contributed by atoms with Gasteiger partial charge in [0.15, 0.2) is 0 Å². The smallest absolute Gasteiger partial charge is 0.269 e. The van der Waals surface area contributed by atoms with Gasteiger partial charge < -0.3 is 17.3 Å². The molecule has 0 spiro atoms. The highest BCUT2D eigenvalue weighted by atomic mass is 35.5. The topological polar surface area (TPSA) is 63.2 Å². The molecule has 33 heavy (non-hydrogen) atoms. The van der Waals surface area contributed by atoms with Gasteiger partial charge in [-0.05, 0) is 29.3 Å². The minimum absolute atomic E-state index is 0. The van der Waals surface area contributed by atoms with Crippen molar-refractivity contribution in [2.45, 2.75) is 6.04 Å². The summed E-state index contributed by atoms with van der Waals surface area (Å²) in [6.07, 6.45) is 2.25. The Balaban J connectivity index is 0.00000259. The first-order valence-electron chi connectivity index (χ1n) is 10.8. The van der Waals surface area contributed by atoms with E-state index in [2.05, 4.69) is 66.7 Å². The number of non-ortho nitro benzene ring substituents is 1. The van der Waals surface area contributed by atoms with Crippen molar-refractivity contribution in [2.75, 3.05) is 25.1 Å². The number of anilines is 1. The van der Waals surface area contributed by atoms with Crippen LogP contribution in [0.5, 0.6) is 0 Å². The lowest BCUT2D eigenvalue weighted by Crippen LogP contribution is -3.11. The maximum Gasteiger partial charge on any atom is 0.269 e. The molecule has 3 aromatic carbocycles. The molecule has 168 valence electrons. The standard InChI is InChI=1S/C26H24N4O2.ClH/c1-28-17-21(16-19-8-4-2-5-9-19)25-24(18-28)26(20-10-6-3-7-11-20)29(27-25)22-12-14-23(15-13-22)30(31)32;/h2-16,24,26H,17-18H2,1H3;1H. The van der Waals surface area contributed by atoms with Gasteiger partial charge in [-0.3, -0.25) is 15.1 Å². The fourth-order valence-corrected chi connectivity index (χ4v) is 4.79. The molecule has 3 aromatic rings. The molecule has 0 aliphatic carbocycles. The third-order valence-corrected chi connectivity index (χ3v) is 6.21. The number of hydrogen-bond acceptors (Lipinski definition) is 4. The van der Waals surface area contributed by atoms with Crippen molar-refractivity contribution in [3.05, 3.63) is 112 Å². The van der Waals surface area contributed by atoms with E-state index < -0.39 is 0 Å². The number of fused-ring (bicyclic) bond motifs is 1. The summed E-state index contributed by atoms with van der Waals surface area (Å²) in [6.45, 7) is 1.90. The number of halogens is 1. The van der Waals surface area contributed by atoms with Gasteiger partial charge in [0.25, 0.3) is 5.69 Å². The minimum Gasteiger partial charge on any atom is -1.00 e. The number of piperidine rings is 1. The molecule has 2 aliphatic rings. The Morgan fingerprint density at radius 2 is 1.64 bits per heavy atom. The Morgan fingerprint density at radius 1 is 1.00 bits per heavy atom. The molecule has 1 fully saturated rings. The summed E-state index contributed by atoms with van der Waals surface area (Å²) in [5.41, 5.74) is 5.68. The first kappa shape index (κ1) is 22.7. The van der Waals surface area contributed by atoms with E-state index in [1.807, 2.05) is 12.1 Å². The molecule has 1 N–H and O–H groups in total. The van der Waals surface area contributed by atoms with E-state index in [0.717, 1.165) is 24.5 Å². The molecule has 3 atom stereocenters. The van der Waals surface area contributed by atoms with Crippen molar-refractivity contribution >= 4 is 23.2 Å². The number of nitro benzene ring substituents is 1. The van der Waals surface area contributed by atoms with Crippen LogP contribution in [0.3, 0.4) is 0 Å². The monoisotopic (exact) mass is 460 g/mol. The van der Waals surface area contributed by atoms with Crippen LogP contribution in [0, 0.1) is 16.0 Å². The molecule has 0 bridgehead atoms. The fraction of sp³-hybridized carbons (Fsp3) is 0.192. The molecular formula is C26H25ClN4O2. The molecule has 0 amide bonds. The van der Waals surface area contributed by atoms with Crippen LogP contribution in [-0.2, 0) is 0 Å². The molecule has 5 rings (SSSR count). The predicted molar refractivity (Wildman–Crippen MR) is 127 cm³/mol. The predicted octanol–water partition coefficient (Wildman–Crippen LogP) is 0.744. The van der Waals surface area contributed by atoms with E-state index >= 15 is 0 Å². The summed E-state index contributed by atoms with van der Waals surface area (Å²) >= 11 is 0. The van der Waals surface area contributed by atoms with E-state index in [1.165, 1.54) is 21.6 Å². The lowest BCUT2D eigenvalue weighted by Gasteiger charge is -2.32. The maximum atomic E-state index is 11.1. The number of benzene rings is 3. The average Bonchev–Trinajstić information content (AvgIpc) is 3.20. The molecule has 3 unspecified atom stereocenters. The highest BCUT2D eigenvalue weighted by molar-refractivity contribution is 6.08. The largest absolute Gasteiger partial charge is 1.00 e. The van der Waals surface area contributed by atoms with Gasteiger partial charge in [-0.25, -0.2) is 0 Å². The van der Waals surface area contributed by atoms with E-state index in [-0.39, 0.29) is 35.0 Å². The van der Waals surface area contributed by atoms with Crippen LogP contribution in [0.2, 0.25) is 0 Å². The number of nitrogens with one attached hydrogen (secondary N) is 1. The Kier molecular flexibility index (Phi) is 6.58. The SMILES string of the molecule is C[NH+]1CC(=Cc2ccccc2)C2=NN(c3ccc([N+](=O)[O-])cc3)C(c3ccccc3)C2C1.[Cl-]. The Labute approximate surface area is 199 Å². The van der Waals surface area contributed by atoms with Crippen molar-refractivity contribution in [3.63, 3.8) is 0 Å². The highest BCUT2D eigenvalue weighted by Crippen LogP contribution is 2.41. The van der Waals surface area contributed by atoms with Crippen LogP contribution in [0.15, 0.2) is 95.6 Å². The number of hydrogen-bond donors (Lipinski definition) is 1. The van der Waals surface area contributed by atoms with Crippen LogP contribution in [0.1, 0.15) is 17.2 Å². The fourth-order valence-electron chi connectivity index (χ4n) is 4.79. The minimum atomic E-state index is -0.368. The maximum absolute atomic E-state index is 11.1. The molecular weight excluding hydrogens is 436 g/mol. The Hall–Kier alpha value is -3.48. The van der Waals surface area contributed by atoms with Crippen LogP contribution in [0.25, 0.3) is 6.08 Å². The summed E-state index contributed by atoms with van der Waals surface area (Å²) in [5, 5.41) is 18.3. The van der Waals surface area contributed by atoms with Gasteiger partial charge in [-0.2, -0.15) is 5.10 Å². The summed E-state index contributed by atoms with van der Waals surface area (Å²) in [5.74, 6) is 0.233. The number of likely N-dealkylation sites (N-methyl/N-ethyl adjacent to an activating group) is 1. The zero-order valence-corrected chi connectivity index (χ0v) is 19.0. The van der Waals surface area contributed by atoms with Gasteiger partial charge in [-0.1, -0.05) is 60.7 Å². The van der Waals surface area contributed by atoms with Crippen LogP contribution in [-0.4, -0.2) is 30.8 Å².